The predicted molar refractivity (Wildman–Crippen MR) is 125 cm³/mol. The molecule has 0 heterocycles. The van der Waals surface area contributed by atoms with Crippen LogP contribution in [0.15, 0.2) is 66.7 Å². The number of carbonyl (C=O) groups excluding carboxylic acids is 2. The zero-order valence-electron chi connectivity index (χ0n) is 18.4. The van der Waals surface area contributed by atoms with Crippen molar-refractivity contribution in [3.8, 4) is 0 Å². The van der Waals surface area contributed by atoms with Crippen LogP contribution in [0.3, 0.4) is 0 Å². The summed E-state index contributed by atoms with van der Waals surface area (Å²) in [6.07, 6.45) is -1.50. The van der Waals surface area contributed by atoms with Gasteiger partial charge in [-0.25, -0.2) is 9.59 Å². The molecule has 0 aliphatic rings. The fourth-order valence-corrected chi connectivity index (χ4v) is 2.86. The molecular formula is C23H20N4O8. The smallest absolute Gasteiger partial charge is 0.411 e. The highest BCUT2D eigenvalue weighted by molar-refractivity contribution is 5.89. The zero-order valence-corrected chi connectivity index (χ0v) is 18.4. The molecule has 0 fully saturated rings. The van der Waals surface area contributed by atoms with E-state index in [4.69, 9.17) is 9.47 Å². The van der Waals surface area contributed by atoms with Gasteiger partial charge in [0.1, 0.15) is 13.2 Å². The minimum atomic E-state index is -0.751. The first-order chi connectivity index (χ1) is 16.7. The molecule has 0 atom stereocenters. The molecule has 180 valence electrons. The van der Waals surface area contributed by atoms with Crippen LogP contribution in [-0.4, -0.2) is 22.0 Å². The molecule has 12 nitrogen and oxygen atoms in total. The van der Waals surface area contributed by atoms with Crippen molar-refractivity contribution < 1.29 is 28.9 Å². The number of nitrogens with zero attached hydrogens (tertiary/aromatic N) is 2. The van der Waals surface area contributed by atoms with Gasteiger partial charge in [0.2, 0.25) is 0 Å². The maximum Gasteiger partial charge on any atom is 0.411 e. The topological polar surface area (TPSA) is 163 Å². The first kappa shape index (κ1) is 24.6. The van der Waals surface area contributed by atoms with Crippen LogP contribution < -0.4 is 10.6 Å². The number of carbonyl (C=O) groups is 2. The van der Waals surface area contributed by atoms with Crippen molar-refractivity contribution in [3.63, 3.8) is 0 Å². The number of nitrogens with one attached hydrogen (secondary N) is 2. The van der Waals surface area contributed by atoms with E-state index in [-0.39, 0.29) is 24.6 Å². The number of hydrogen-bond donors (Lipinski definition) is 2. The Morgan fingerprint density at radius 2 is 1.20 bits per heavy atom. The Bertz CT molecular complexity index is 1240. The molecule has 0 aromatic heterocycles. The van der Waals surface area contributed by atoms with Gasteiger partial charge in [-0.15, -0.1) is 0 Å². The number of amides is 2. The summed E-state index contributed by atoms with van der Waals surface area (Å²) in [6, 6.07) is 16.0. The largest absolute Gasteiger partial charge is 0.444 e. The lowest BCUT2D eigenvalue weighted by molar-refractivity contribution is -0.385. The van der Waals surface area contributed by atoms with Crippen LogP contribution in [0.25, 0.3) is 0 Å². The van der Waals surface area contributed by atoms with Crippen molar-refractivity contribution in [1.29, 1.82) is 0 Å². The summed E-state index contributed by atoms with van der Waals surface area (Å²) in [5.74, 6) is 0. The Labute approximate surface area is 198 Å². The second-order valence-corrected chi connectivity index (χ2v) is 7.28. The first-order valence-electron chi connectivity index (χ1n) is 10.2. The van der Waals surface area contributed by atoms with Gasteiger partial charge >= 0.3 is 12.2 Å². The van der Waals surface area contributed by atoms with Crippen LogP contribution in [0.1, 0.15) is 16.7 Å². The molecule has 35 heavy (non-hydrogen) atoms. The molecule has 0 saturated heterocycles. The number of anilines is 2. The van der Waals surface area contributed by atoms with E-state index >= 15 is 0 Å². The molecule has 0 saturated carbocycles. The summed E-state index contributed by atoms with van der Waals surface area (Å²) in [7, 11) is 0. The van der Waals surface area contributed by atoms with Gasteiger partial charge in [0, 0.05) is 35.6 Å². The minimum Gasteiger partial charge on any atom is -0.444 e. The van der Waals surface area contributed by atoms with Crippen LogP contribution in [0.5, 0.6) is 0 Å². The van der Waals surface area contributed by atoms with Gasteiger partial charge in [-0.3, -0.25) is 30.9 Å². The quantitative estimate of drug-likeness (QED) is 0.324. The Balaban J connectivity index is 1.51. The highest BCUT2D eigenvalue weighted by atomic mass is 16.6. The summed E-state index contributed by atoms with van der Waals surface area (Å²) in [6.45, 7) is 1.58. The highest BCUT2D eigenvalue weighted by Crippen LogP contribution is 2.21. The highest BCUT2D eigenvalue weighted by Gasteiger charge is 2.11. The third-order valence-corrected chi connectivity index (χ3v) is 4.75. The van der Waals surface area contributed by atoms with Gasteiger partial charge in [0.25, 0.3) is 11.4 Å². The minimum absolute atomic E-state index is 0.0654. The molecule has 2 N–H and O–H groups in total. The number of benzene rings is 3. The predicted octanol–water partition coefficient (Wildman–Crippen LogP) is 5.31. The van der Waals surface area contributed by atoms with E-state index in [2.05, 4.69) is 10.6 Å². The lowest BCUT2D eigenvalue weighted by Gasteiger charge is -2.12. The van der Waals surface area contributed by atoms with E-state index in [1.165, 1.54) is 54.6 Å². The Morgan fingerprint density at radius 3 is 1.66 bits per heavy atom. The van der Waals surface area contributed by atoms with Crippen LogP contribution in [0.2, 0.25) is 0 Å². The standard InChI is InChI=1S/C23H20N4O8/c1-15-2-7-18(24-22(28)34-13-16-3-8-19(9-4-16)26(30)31)12-21(15)25-23(29)35-14-17-5-10-20(11-6-17)27(32)33/h2-12H,13-14H2,1H3,(H,24,28)(H,25,29). The van der Waals surface area contributed by atoms with Gasteiger partial charge in [0.05, 0.1) is 9.85 Å². The molecule has 3 aromatic carbocycles. The van der Waals surface area contributed by atoms with Crippen molar-refractivity contribution in [2.45, 2.75) is 20.1 Å². The number of nitro benzene ring substituents is 2. The van der Waals surface area contributed by atoms with Crippen molar-refractivity contribution >= 4 is 34.9 Å². The number of nitro groups is 2. The maximum absolute atomic E-state index is 12.2. The van der Waals surface area contributed by atoms with Crippen LogP contribution in [0, 0.1) is 27.2 Å². The van der Waals surface area contributed by atoms with Crippen LogP contribution in [0.4, 0.5) is 32.3 Å². The van der Waals surface area contributed by atoms with Gasteiger partial charge in [-0.05, 0) is 60.0 Å². The Morgan fingerprint density at radius 1 is 0.743 bits per heavy atom. The summed E-state index contributed by atoms with van der Waals surface area (Å²) in [5, 5.41) is 26.5. The molecule has 0 aliphatic carbocycles. The van der Waals surface area contributed by atoms with Crippen molar-refractivity contribution in [3.05, 3.63) is 104 Å². The second-order valence-electron chi connectivity index (χ2n) is 7.28. The van der Waals surface area contributed by atoms with Gasteiger partial charge in [-0.1, -0.05) is 6.07 Å². The molecule has 0 radical (unpaired) electrons. The molecular weight excluding hydrogens is 460 g/mol. The van der Waals surface area contributed by atoms with Crippen LogP contribution >= 0.6 is 0 Å². The number of hydrogen-bond acceptors (Lipinski definition) is 8. The fourth-order valence-electron chi connectivity index (χ4n) is 2.86. The number of ether oxygens (including phenoxy) is 2. The summed E-state index contributed by atoms with van der Waals surface area (Å²) in [5.41, 5.74) is 2.49. The van der Waals surface area contributed by atoms with E-state index in [1.54, 1.807) is 19.1 Å². The molecule has 12 heteroatoms. The molecule has 3 rings (SSSR count). The van der Waals surface area contributed by atoms with E-state index < -0.39 is 22.0 Å². The Kier molecular flexibility index (Phi) is 7.90. The average Bonchev–Trinajstić information content (AvgIpc) is 2.84. The third kappa shape index (κ3) is 7.25. The third-order valence-electron chi connectivity index (χ3n) is 4.75. The number of aryl methyl sites for hydroxylation is 1. The molecule has 0 spiro atoms. The zero-order chi connectivity index (χ0) is 25.4. The fraction of sp³-hybridized carbons (Fsp3) is 0.130. The first-order valence-corrected chi connectivity index (χ1v) is 10.2. The number of rotatable bonds is 8. The van der Waals surface area contributed by atoms with Crippen molar-refractivity contribution in [1.82, 2.24) is 0 Å². The molecule has 0 unspecified atom stereocenters. The SMILES string of the molecule is Cc1ccc(NC(=O)OCc2ccc([N+](=O)[O-])cc2)cc1NC(=O)OCc1ccc([N+](=O)[O-])cc1. The Hall–Kier alpha value is -5.00. The maximum atomic E-state index is 12.2. The monoisotopic (exact) mass is 480 g/mol. The van der Waals surface area contributed by atoms with E-state index in [9.17, 15) is 29.8 Å². The van der Waals surface area contributed by atoms with Crippen molar-refractivity contribution in [2.24, 2.45) is 0 Å². The lowest BCUT2D eigenvalue weighted by atomic mass is 10.2. The van der Waals surface area contributed by atoms with Gasteiger partial charge in [0.15, 0.2) is 0 Å². The van der Waals surface area contributed by atoms with E-state index in [0.29, 0.717) is 28.1 Å². The van der Waals surface area contributed by atoms with Crippen LogP contribution in [-0.2, 0) is 22.7 Å². The van der Waals surface area contributed by atoms with Crippen molar-refractivity contribution in [2.75, 3.05) is 10.6 Å². The average molecular weight is 480 g/mol. The molecule has 0 bridgehead atoms. The van der Waals surface area contributed by atoms with E-state index in [0.717, 1.165) is 0 Å². The summed E-state index contributed by atoms with van der Waals surface area (Å²) >= 11 is 0. The molecule has 3 aromatic rings. The summed E-state index contributed by atoms with van der Waals surface area (Å²) in [4.78, 5) is 44.6. The van der Waals surface area contributed by atoms with Gasteiger partial charge in [-0.2, -0.15) is 0 Å². The van der Waals surface area contributed by atoms with E-state index in [1.807, 2.05) is 0 Å². The molecule has 0 aliphatic heterocycles. The van der Waals surface area contributed by atoms with Gasteiger partial charge < -0.3 is 9.47 Å². The normalized spacial score (nSPS) is 10.2. The second kappa shape index (κ2) is 11.2. The number of non-ortho nitro benzene ring substituents is 2. The lowest BCUT2D eigenvalue weighted by Crippen LogP contribution is -2.16. The summed E-state index contributed by atoms with van der Waals surface area (Å²) < 4.78 is 10.3. The molecule has 2 amide bonds.